The Kier molecular flexibility index (Phi) is 7.99. The minimum atomic E-state index is -2.02. The van der Waals surface area contributed by atoms with Gasteiger partial charge >= 0.3 is 5.97 Å². The van der Waals surface area contributed by atoms with Crippen LogP contribution in [0.15, 0.2) is 30.3 Å². The highest BCUT2D eigenvalue weighted by Gasteiger charge is 2.40. The van der Waals surface area contributed by atoms with Crippen molar-refractivity contribution in [3.8, 4) is 0 Å². The average Bonchev–Trinajstić information content (AvgIpc) is 2.56. The normalized spacial score (nSPS) is 14.4. The van der Waals surface area contributed by atoms with E-state index >= 15 is 0 Å². The Morgan fingerprint density at radius 3 is 2.31 bits per heavy atom. The molecule has 0 saturated carbocycles. The number of nitrogens with one attached hydrogen (secondary N) is 1. The summed E-state index contributed by atoms with van der Waals surface area (Å²) in [4.78, 5) is 24.0. The van der Waals surface area contributed by atoms with Gasteiger partial charge in [0.1, 0.15) is 19.2 Å². The summed E-state index contributed by atoms with van der Waals surface area (Å²) in [6.07, 6.45) is -0.434. The van der Waals surface area contributed by atoms with Crippen LogP contribution in [0.1, 0.15) is 33.3 Å². The number of ether oxygens (including phenoxy) is 1. The molecule has 146 valence electrons. The Morgan fingerprint density at radius 1 is 1.19 bits per heavy atom. The zero-order valence-electron chi connectivity index (χ0n) is 16.7. The van der Waals surface area contributed by atoms with Crippen LogP contribution in [0.25, 0.3) is 0 Å². The molecule has 7 heteroatoms. The maximum atomic E-state index is 12.2. The number of amides is 1. The van der Waals surface area contributed by atoms with E-state index < -0.39 is 32.3 Å². The molecule has 0 spiro atoms. The number of nitrogens with two attached hydrogens (primary N) is 1. The predicted octanol–water partition coefficient (Wildman–Crippen LogP) is 2.58. The minimum absolute atomic E-state index is 0.0265. The fourth-order valence-corrected chi connectivity index (χ4v) is 3.42. The largest absolute Gasteiger partial charge is 0.460 e. The van der Waals surface area contributed by atoms with Crippen molar-refractivity contribution in [2.24, 2.45) is 5.73 Å². The second kappa shape index (κ2) is 9.30. The Morgan fingerprint density at radius 2 is 1.77 bits per heavy atom. The van der Waals surface area contributed by atoms with Crippen LogP contribution in [0, 0.1) is 0 Å². The van der Waals surface area contributed by atoms with E-state index in [1.807, 2.05) is 30.3 Å². The molecule has 0 aromatic heterocycles. The molecule has 0 saturated heterocycles. The molecule has 3 N–H and O–H groups in total. The van der Waals surface area contributed by atoms with Crippen LogP contribution in [-0.4, -0.2) is 38.9 Å². The molecule has 1 aromatic rings. The van der Waals surface area contributed by atoms with Gasteiger partial charge in [0, 0.05) is 0 Å². The first-order chi connectivity index (χ1) is 11.9. The highest BCUT2D eigenvalue weighted by molar-refractivity contribution is 6.74. The molecule has 0 fully saturated rings. The molecule has 0 aliphatic heterocycles. The summed E-state index contributed by atoms with van der Waals surface area (Å²) in [5, 5.41) is 2.55. The molecule has 1 rings (SSSR count). The van der Waals surface area contributed by atoms with Crippen LogP contribution in [0.2, 0.25) is 18.1 Å². The van der Waals surface area contributed by atoms with Crippen LogP contribution in [0.3, 0.4) is 0 Å². The fraction of sp³-hybridized carbons (Fsp3) is 0.579. The van der Waals surface area contributed by atoms with E-state index in [2.05, 4.69) is 39.2 Å². The van der Waals surface area contributed by atoms with Crippen LogP contribution in [-0.2, 0) is 25.4 Å². The van der Waals surface area contributed by atoms with Crippen LogP contribution in [0.5, 0.6) is 0 Å². The first kappa shape index (κ1) is 22.3. The molecule has 0 unspecified atom stereocenters. The smallest absolute Gasteiger partial charge is 0.325 e. The molecule has 1 amide bonds. The molecule has 0 radical (unpaired) electrons. The van der Waals surface area contributed by atoms with Crippen LogP contribution < -0.4 is 11.1 Å². The Balaban J connectivity index is 2.42. The molecule has 2 atom stereocenters. The molecule has 0 bridgehead atoms. The highest BCUT2D eigenvalue weighted by Crippen LogP contribution is 2.37. The lowest BCUT2D eigenvalue weighted by atomic mass is 10.2. The second-order valence-electron chi connectivity index (χ2n) is 7.97. The summed E-state index contributed by atoms with van der Waals surface area (Å²) in [5.74, 6) is -0.930. The van der Waals surface area contributed by atoms with Gasteiger partial charge < -0.3 is 20.2 Å². The van der Waals surface area contributed by atoms with Crippen molar-refractivity contribution in [1.29, 1.82) is 0 Å². The second-order valence-corrected chi connectivity index (χ2v) is 12.7. The molecule has 6 nitrogen and oxygen atoms in total. The molecule has 0 heterocycles. The van der Waals surface area contributed by atoms with Gasteiger partial charge in [-0.2, -0.15) is 0 Å². The number of hydrogen-bond donors (Lipinski definition) is 2. The van der Waals surface area contributed by atoms with Gasteiger partial charge in [0.15, 0.2) is 8.32 Å². The zero-order chi connectivity index (χ0) is 20.0. The number of carbonyl (C=O) groups is 2. The van der Waals surface area contributed by atoms with Crippen molar-refractivity contribution in [1.82, 2.24) is 5.32 Å². The van der Waals surface area contributed by atoms with Gasteiger partial charge in [-0.1, -0.05) is 51.1 Å². The van der Waals surface area contributed by atoms with Gasteiger partial charge in [0.25, 0.3) is 0 Å². The topological polar surface area (TPSA) is 90.6 Å². The first-order valence-corrected chi connectivity index (χ1v) is 11.8. The number of carbonyl (C=O) groups excluding carboxylic acids is 2. The van der Waals surface area contributed by atoms with Crippen molar-refractivity contribution in [3.05, 3.63) is 35.9 Å². The van der Waals surface area contributed by atoms with Crippen molar-refractivity contribution in [2.45, 2.75) is 64.6 Å². The maximum Gasteiger partial charge on any atom is 0.325 e. The zero-order valence-corrected chi connectivity index (χ0v) is 17.7. The van der Waals surface area contributed by atoms with Gasteiger partial charge in [-0.05, 0) is 30.6 Å². The highest BCUT2D eigenvalue weighted by atomic mass is 28.4. The van der Waals surface area contributed by atoms with Gasteiger partial charge in [-0.3, -0.25) is 9.59 Å². The summed E-state index contributed by atoms with van der Waals surface area (Å²) in [7, 11) is -2.02. The van der Waals surface area contributed by atoms with Crippen molar-refractivity contribution in [2.75, 3.05) is 6.54 Å². The molecule has 26 heavy (non-hydrogen) atoms. The lowest BCUT2D eigenvalue weighted by Gasteiger charge is -2.39. The summed E-state index contributed by atoms with van der Waals surface area (Å²) in [6, 6.07) is 8.51. The Labute approximate surface area is 157 Å². The number of rotatable bonds is 8. The fourth-order valence-electron chi connectivity index (χ4n) is 1.99. The lowest BCUT2D eigenvalue weighted by molar-refractivity contribution is -0.145. The van der Waals surface area contributed by atoms with Gasteiger partial charge in [-0.15, -0.1) is 0 Å². The first-order valence-electron chi connectivity index (χ1n) is 8.84. The summed E-state index contributed by atoms with van der Waals surface area (Å²) in [5.41, 5.74) is 6.88. The van der Waals surface area contributed by atoms with Crippen molar-refractivity contribution < 1.29 is 18.8 Å². The van der Waals surface area contributed by atoms with E-state index in [1.165, 1.54) is 0 Å². The molecular formula is C19H32N2O4Si. The number of esters is 1. The third-order valence-corrected chi connectivity index (χ3v) is 9.32. The third-order valence-electron chi connectivity index (χ3n) is 4.74. The summed E-state index contributed by atoms with van der Waals surface area (Å²) >= 11 is 0. The summed E-state index contributed by atoms with van der Waals surface area (Å²) < 4.78 is 11.3. The molecular weight excluding hydrogens is 348 g/mol. The predicted molar refractivity (Wildman–Crippen MR) is 105 cm³/mol. The van der Waals surface area contributed by atoms with Crippen LogP contribution in [0.4, 0.5) is 0 Å². The summed E-state index contributed by atoms with van der Waals surface area (Å²) in [6.45, 7) is 12.3. The minimum Gasteiger partial charge on any atom is -0.460 e. The molecule has 1 aromatic carbocycles. The third kappa shape index (κ3) is 6.90. The van der Waals surface area contributed by atoms with Gasteiger partial charge in [-0.25, -0.2) is 0 Å². The van der Waals surface area contributed by atoms with E-state index in [0.717, 1.165) is 5.56 Å². The van der Waals surface area contributed by atoms with E-state index in [9.17, 15) is 9.59 Å². The van der Waals surface area contributed by atoms with Crippen molar-refractivity contribution >= 4 is 20.2 Å². The van der Waals surface area contributed by atoms with Crippen LogP contribution >= 0.6 is 0 Å². The van der Waals surface area contributed by atoms with E-state index in [4.69, 9.17) is 14.9 Å². The van der Waals surface area contributed by atoms with Gasteiger partial charge in [0.2, 0.25) is 5.91 Å². The maximum absolute atomic E-state index is 12.2. The number of hydrogen-bond acceptors (Lipinski definition) is 5. The monoisotopic (exact) mass is 380 g/mol. The standard InChI is InChI=1S/C19H32N2O4Si/c1-14(25-26(5,6)19(2,3)4)17(20)18(23)21-12-16(22)24-13-15-10-8-7-9-11-15/h7-11,14,17H,12-13,20H2,1-6H3,(H,21,23)/t14-,17-/m0/s1. The van der Waals surface area contributed by atoms with E-state index in [1.54, 1.807) is 6.92 Å². The Bertz CT molecular complexity index is 599. The lowest BCUT2D eigenvalue weighted by Crippen LogP contribution is -2.54. The quantitative estimate of drug-likeness (QED) is 0.534. The number of benzene rings is 1. The van der Waals surface area contributed by atoms with E-state index in [0.29, 0.717) is 0 Å². The van der Waals surface area contributed by atoms with E-state index in [-0.39, 0.29) is 18.2 Å². The Hall–Kier alpha value is -1.70. The van der Waals surface area contributed by atoms with Crippen molar-refractivity contribution in [3.63, 3.8) is 0 Å². The van der Waals surface area contributed by atoms with Gasteiger partial charge in [0.05, 0.1) is 6.10 Å². The average molecular weight is 381 g/mol. The molecule has 0 aliphatic rings. The molecule has 0 aliphatic carbocycles. The SMILES string of the molecule is C[C@H](O[Si](C)(C)C(C)(C)C)[C@H](N)C(=O)NCC(=O)OCc1ccccc1.